The summed E-state index contributed by atoms with van der Waals surface area (Å²) in [5.41, 5.74) is 1.71. The fraction of sp³-hybridized carbons (Fsp3) is 0.333. The number of anilines is 1. The Morgan fingerprint density at radius 2 is 1.69 bits per heavy atom. The highest BCUT2D eigenvalue weighted by Gasteiger charge is 2.33. The van der Waals surface area contributed by atoms with Crippen LogP contribution in [0.3, 0.4) is 0 Å². The van der Waals surface area contributed by atoms with Crippen LogP contribution in [-0.4, -0.2) is 58.5 Å². The second-order valence-electron chi connectivity index (χ2n) is 8.57. The van der Waals surface area contributed by atoms with Crippen molar-refractivity contribution in [2.24, 2.45) is 5.92 Å². The van der Waals surface area contributed by atoms with Crippen LogP contribution in [0.25, 0.3) is 11.3 Å². The lowest BCUT2D eigenvalue weighted by Crippen LogP contribution is -2.41. The van der Waals surface area contributed by atoms with Crippen LogP contribution >= 0.6 is 11.3 Å². The number of amides is 1. The number of hydrogen-bond acceptors (Lipinski definition) is 8. The lowest BCUT2D eigenvalue weighted by atomic mass is 9.97. The predicted molar refractivity (Wildman–Crippen MR) is 139 cm³/mol. The summed E-state index contributed by atoms with van der Waals surface area (Å²) in [6, 6.07) is 12.9. The van der Waals surface area contributed by atoms with Crippen LogP contribution in [-0.2, 0) is 24.7 Å². The van der Waals surface area contributed by atoms with Gasteiger partial charge in [0.1, 0.15) is 5.75 Å². The number of nitrogens with one attached hydrogen (secondary N) is 1. The number of piperidine rings is 1. The van der Waals surface area contributed by atoms with Gasteiger partial charge in [-0.15, -0.1) is 11.3 Å². The first-order valence-corrected chi connectivity index (χ1v) is 15.4. The van der Waals surface area contributed by atoms with Gasteiger partial charge in [0.15, 0.2) is 15.0 Å². The van der Waals surface area contributed by atoms with Gasteiger partial charge in [-0.1, -0.05) is 6.07 Å². The van der Waals surface area contributed by atoms with Crippen LogP contribution in [0.5, 0.6) is 5.75 Å². The summed E-state index contributed by atoms with van der Waals surface area (Å²) in [5, 5.41) is 3.38. The molecule has 0 atom stereocenters. The molecule has 1 amide bonds. The van der Waals surface area contributed by atoms with Crippen molar-refractivity contribution in [3.8, 4) is 17.0 Å². The normalized spacial score (nSPS) is 15.5. The SMILES string of the molecule is COc1ccc(-c2nc(NC(=O)C3CCN(S(=O)(=O)c4cccc(S(C)(=O)=O)c4)CC3)sc2C)cc1. The van der Waals surface area contributed by atoms with Gasteiger partial charge in [-0.25, -0.2) is 21.8 Å². The molecule has 1 aliphatic rings. The third-order valence-electron chi connectivity index (χ3n) is 6.09. The van der Waals surface area contributed by atoms with E-state index in [9.17, 15) is 21.6 Å². The molecule has 1 aliphatic heterocycles. The minimum Gasteiger partial charge on any atom is -0.497 e. The summed E-state index contributed by atoms with van der Waals surface area (Å²) in [6.45, 7) is 2.27. The van der Waals surface area contributed by atoms with Gasteiger partial charge in [0.25, 0.3) is 0 Å². The molecule has 1 aromatic heterocycles. The second kappa shape index (κ2) is 10.3. The molecule has 12 heteroatoms. The molecule has 1 N–H and O–H groups in total. The lowest BCUT2D eigenvalue weighted by Gasteiger charge is -2.30. The zero-order valence-electron chi connectivity index (χ0n) is 20.1. The number of methoxy groups -OCH3 is 1. The molecule has 3 aromatic rings. The molecular weight excluding hydrogens is 522 g/mol. The first-order valence-electron chi connectivity index (χ1n) is 11.2. The number of benzene rings is 2. The van der Waals surface area contributed by atoms with E-state index in [4.69, 9.17) is 4.74 Å². The molecular formula is C24H27N3O6S3. The standard InChI is InChI=1S/C24H27N3O6S3/c1-16-22(17-7-9-19(33-2)10-8-17)25-24(34-16)26-23(28)18-11-13-27(14-12-18)36(31,32)21-6-4-5-20(15-21)35(3,29)30/h4-10,15,18H,11-14H2,1-3H3,(H,25,26,28). The van der Waals surface area contributed by atoms with Crippen LogP contribution in [0.15, 0.2) is 58.3 Å². The van der Waals surface area contributed by atoms with E-state index in [0.29, 0.717) is 18.0 Å². The monoisotopic (exact) mass is 549 g/mol. The van der Waals surface area contributed by atoms with E-state index in [2.05, 4.69) is 10.3 Å². The molecule has 9 nitrogen and oxygen atoms in total. The number of sulfone groups is 1. The maximum Gasteiger partial charge on any atom is 0.243 e. The molecule has 4 rings (SSSR count). The van der Waals surface area contributed by atoms with Crippen molar-refractivity contribution in [1.29, 1.82) is 0 Å². The lowest BCUT2D eigenvalue weighted by molar-refractivity contribution is -0.120. The molecule has 1 saturated heterocycles. The van der Waals surface area contributed by atoms with E-state index in [0.717, 1.165) is 28.1 Å². The van der Waals surface area contributed by atoms with Crippen LogP contribution in [0.2, 0.25) is 0 Å². The number of sulfonamides is 1. The van der Waals surface area contributed by atoms with Gasteiger partial charge in [-0.2, -0.15) is 4.31 Å². The van der Waals surface area contributed by atoms with Gasteiger partial charge in [-0.3, -0.25) is 4.79 Å². The Morgan fingerprint density at radius 1 is 1.06 bits per heavy atom. The van der Waals surface area contributed by atoms with Gasteiger partial charge in [0.2, 0.25) is 15.9 Å². The highest BCUT2D eigenvalue weighted by atomic mass is 32.2. The number of thiazole rings is 1. The van der Waals surface area contributed by atoms with Crippen molar-refractivity contribution in [2.75, 3.05) is 31.8 Å². The van der Waals surface area contributed by atoms with E-state index in [1.807, 2.05) is 31.2 Å². The minimum atomic E-state index is -3.87. The molecule has 0 saturated carbocycles. The van der Waals surface area contributed by atoms with Crippen molar-refractivity contribution in [2.45, 2.75) is 29.6 Å². The molecule has 1 fully saturated rings. The number of nitrogens with zero attached hydrogens (tertiary/aromatic N) is 2. The van der Waals surface area contributed by atoms with E-state index in [1.54, 1.807) is 7.11 Å². The molecule has 2 aromatic carbocycles. The van der Waals surface area contributed by atoms with Crippen LogP contribution < -0.4 is 10.1 Å². The zero-order chi connectivity index (χ0) is 26.1. The number of carbonyl (C=O) groups excluding carboxylic acids is 1. The number of carbonyl (C=O) groups is 1. The van der Waals surface area contributed by atoms with Crippen molar-refractivity contribution in [3.05, 3.63) is 53.4 Å². The number of aryl methyl sites for hydroxylation is 1. The average Bonchev–Trinajstić information content (AvgIpc) is 3.23. The van der Waals surface area contributed by atoms with Crippen LogP contribution in [0, 0.1) is 12.8 Å². The molecule has 0 unspecified atom stereocenters. The maximum atomic E-state index is 13.1. The van der Waals surface area contributed by atoms with Gasteiger partial charge in [0, 0.05) is 35.7 Å². The minimum absolute atomic E-state index is 0.0504. The Labute approximate surface area is 215 Å². The Balaban J connectivity index is 1.40. The first kappa shape index (κ1) is 26.3. The maximum absolute atomic E-state index is 13.1. The Bertz CT molecular complexity index is 1470. The van der Waals surface area contributed by atoms with Gasteiger partial charge in [-0.05, 0) is 62.2 Å². The highest BCUT2D eigenvalue weighted by molar-refractivity contribution is 7.91. The molecule has 0 spiro atoms. The highest BCUT2D eigenvalue weighted by Crippen LogP contribution is 2.32. The number of aromatic nitrogens is 1. The largest absolute Gasteiger partial charge is 0.497 e. The quantitative estimate of drug-likeness (QED) is 0.478. The summed E-state index contributed by atoms with van der Waals surface area (Å²) < 4.78 is 56.3. The molecule has 36 heavy (non-hydrogen) atoms. The fourth-order valence-electron chi connectivity index (χ4n) is 4.05. The van der Waals surface area contributed by atoms with Crippen molar-refractivity contribution >= 4 is 42.2 Å². The van der Waals surface area contributed by atoms with Crippen molar-refractivity contribution < 1.29 is 26.4 Å². The van der Waals surface area contributed by atoms with E-state index >= 15 is 0 Å². The number of rotatable bonds is 7. The number of ether oxygens (including phenoxy) is 1. The Morgan fingerprint density at radius 3 is 2.31 bits per heavy atom. The van der Waals surface area contributed by atoms with Gasteiger partial charge >= 0.3 is 0 Å². The average molecular weight is 550 g/mol. The molecule has 192 valence electrons. The summed E-state index contributed by atoms with van der Waals surface area (Å²) in [5.74, 6) is 0.199. The van der Waals surface area contributed by atoms with E-state index in [1.165, 1.54) is 39.9 Å². The third kappa shape index (κ3) is 5.61. The fourth-order valence-corrected chi connectivity index (χ4v) is 7.14. The van der Waals surface area contributed by atoms with E-state index in [-0.39, 0.29) is 34.7 Å². The summed E-state index contributed by atoms with van der Waals surface area (Å²) >= 11 is 1.39. The summed E-state index contributed by atoms with van der Waals surface area (Å²) in [7, 11) is -5.80. The van der Waals surface area contributed by atoms with Gasteiger partial charge in [0.05, 0.1) is 22.6 Å². The molecule has 2 heterocycles. The molecule has 0 radical (unpaired) electrons. The second-order valence-corrected chi connectivity index (χ2v) is 13.7. The Kier molecular flexibility index (Phi) is 7.51. The predicted octanol–water partition coefficient (Wildman–Crippen LogP) is 3.57. The zero-order valence-corrected chi connectivity index (χ0v) is 22.5. The molecule has 0 aliphatic carbocycles. The van der Waals surface area contributed by atoms with Crippen LogP contribution in [0.4, 0.5) is 5.13 Å². The third-order valence-corrected chi connectivity index (χ3v) is 9.98. The smallest absolute Gasteiger partial charge is 0.243 e. The summed E-state index contributed by atoms with van der Waals surface area (Å²) in [6.07, 6.45) is 1.74. The van der Waals surface area contributed by atoms with Crippen LogP contribution in [0.1, 0.15) is 17.7 Å². The number of hydrogen-bond donors (Lipinski definition) is 1. The Hall–Kier alpha value is -2.80. The van der Waals surface area contributed by atoms with Gasteiger partial charge < -0.3 is 10.1 Å². The topological polar surface area (TPSA) is 123 Å². The molecule has 0 bridgehead atoms. The van der Waals surface area contributed by atoms with E-state index < -0.39 is 19.9 Å². The van der Waals surface area contributed by atoms with Crippen molar-refractivity contribution in [3.63, 3.8) is 0 Å². The first-order chi connectivity index (χ1) is 17.0. The van der Waals surface area contributed by atoms with Crippen molar-refractivity contribution in [1.82, 2.24) is 9.29 Å². The summed E-state index contributed by atoms with van der Waals surface area (Å²) in [4.78, 5) is 18.3.